The van der Waals surface area contributed by atoms with Gasteiger partial charge < -0.3 is 10.4 Å². The minimum absolute atomic E-state index is 0.0136. The molecule has 3 aromatic carbocycles. The summed E-state index contributed by atoms with van der Waals surface area (Å²) in [7, 11) is 1.71. The van der Waals surface area contributed by atoms with Gasteiger partial charge in [0.2, 0.25) is 0 Å². The number of hydrogen-bond acceptors (Lipinski definition) is 3. The van der Waals surface area contributed by atoms with Crippen molar-refractivity contribution in [1.82, 2.24) is 15.1 Å². The molecule has 0 radical (unpaired) electrons. The molecule has 2 atom stereocenters. The van der Waals surface area contributed by atoms with Crippen LogP contribution in [0.15, 0.2) is 66.7 Å². The highest BCUT2D eigenvalue weighted by Crippen LogP contribution is 2.44. The predicted molar refractivity (Wildman–Crippen MR) is 148 cm³/mol. The number of nitrogens with zero attached hydrogens (tertiary/aromatic N) is 2. The SMILES string of the molecule is CCCC(c1ccc(C(=O)NCCC(=O)O)cc1)C(c1ccc(Cl)cc1)c1nn(C)c2ccc(C(F)(F)F)cc12. The lowest BCUT2D eigenvalue weighted by molar-refractivity contribution is -0.138. The molecule has 0 aliphatic rings. The van der Waals surface area contributed by atoms with E-state index in [0.717, 1.165) is 29.7 Å². The van der Waals surface area contributed by atoms with Gasteiger partial charge in [0.25, 0.3) is 5.91 Å². The summed E-state index contributed by atoms with van der Waals surface area (Å²) in [6, 6.07) is 17.9. The van der Waals surface area contributed by atoms with Gasteiger partial charge in [-0.2, -0.15) is 18.3 Å². The molecule has 40 heavy (non-hydrogen) atoms. The van der Waals surface area contributed by atoms with Crippen LogP contribution in [-0.2, 0) is 18.0 Å². The topological polar surface area (TPSA) is 84.2 Å². The Morgan fingerprint density at radius 1 is 1.02 bits per heavy atom. The van der Waals surface area contributed by atoms with Gasteiger partial charge in [-0.1, -0.05) is 49.2 Å². The minimum Gasteiger partial charge on any atom is -0.481 e. The fourth-order valence-electron chi connectivity index (χ4n) is 5.05. The van der Waals surface area contributed by atoms with Crippen molar-refractivity contribution in [3.05, 3.63) is 99.7 Å². The lowest BCUT2D eigenvalue weighted by atomic mass is 9.76. The molecule has 1 aromatic heterocycles. The second-order valence-corrected chi connectivity index (χ2v) is 10.1. The number of benzene rings is 3. The van der Waals surface area contributed by atoms with Crippen molar-refractivity contribution in [1.29, 1.82) is 0 Å². The first kappa shape index (κ1) is 29.1. The number of aryl methyl sites for hydroxylation is 1. The molecule has 0 saturated heterocycles. The fraction of sp³-hybridized carbons (Fsp3) is 0.300. The highest BCUT2D eigenvalue weighted by atomic mass is 35.5. The molecule has 4 rings (SSSR count). The quantitative estimate of drug-likeness (QED) is 0.211. The van der Waals surface area contributed by atoms with Crippen LogP contribution in [0.25, 0.3) is 10.9 Å². The van der Waals surface area contributed by atoms with E-state index in [-0.39, 0.29) is 24.8 Å². The largest absolute Gasteiger partial charge is 0.481 e. The number of alkyl halides is 3. The Hall–Kier alpha value is -3.85. The predicted octanol–water partition coefficient (Wildman–Crippen LogP) is 7.17. The van der Waals surface area contributed by atoms with Crippen molar-refractivity contribution in [2.75, 3.05) is 6.54 Å². The minimum atomic E-state index is -4.50. The Morgan fingerprint density at radius 3 is 2.27 bits per heavy atom. The van der Waals surface area contributed by atoms with Crippen LogP contribution in [0, 0.1) is 0 Å². The molecule has 0 bridgehead atoms. The first-order valence-corrected chi connectivity index (χ1v) is 13.3. The maximum atomic E-state index is 13.7. The lowest BCUT2D eigenvalue weighted by Gasteiger charge is -2.27. The van der Waals surface area contributed by atoms with Gasteiger partial charge in [-0.25, -0.2) is 0 Å². The van der Waals surface area contributed by atoms with E-state index < -0.39 is 23.6 Å². The molecule has 0 aliphatic heterocycles. The smallest absolute Gasteiger partial charge is 0.416 e. The average molecular weight is 572 g/mol. The van der Waals surface area contributed by atoms with E-state index in [9.17, 15) is 22.8 Å². The van der Waals surface area contributed by atoms with Crippen LogP contribution in [-0.4, -0.2) is 33.3 Å². The number of halogens is 4. The highest BCUT2D eigenvalue weighted by molar-refractivity contribution is 6.30. The third-order valence-corrected chi connectivity index (χ3v) is 7.21. The van der Waals surface area contributed by atoms with Gasteiger partial charge in [0.1, 0.15) is 0 Å². The number of aromatic nitrogens is 2. The van der Waals surface area contributed by atoms with Crippen molar-refractivity contribution in [3.63, 3.8) is 0 Å². The number of hydrogen-bond donors (Lipinski definition) is 2. The summed E-state index contributed by atoms with van der Waals surface area (Å²) in [5.41, 5.74) is 2.51. The average Bonchev–Trinajstić information content (AvgIpc) is 3.24. The van der Waals surface area contributed by atoms with E-state index in [2.05, 4.69) is 5.32 Å². The summed E-state index contributed by atoms with van der Waals surface area (Å²) >= 11 is 6.18. The van der Waals surface area contributed by atoms with Gasteiger partial charge in [-0.15, -0.1) is 0 Å². The van der Waals surface area contributed by atoms with Crippen LogP contribution in [0.2, 0.25) is 5.02 Å². The number of carboxylic acid groups (broad SMARTS) is 1. The Morgan fingerprint density at radius 2 is 1.68 bits per heavy atom. The van der Waals surface area contributed by atoms with Gasteiger partial charge in [-0.3, -0.25) is 14.3 Å². The molecule has 0 aliphatic carbocycles. The number of aliphatic carboxylic acids is 1. The highest BCUT2D eigenvalue weighted by Gasteiger charge is 2.34. The molecule has 210 valence electrons. The van der Waals surface area contributed by atoms with Crippen LogP contribution >= 0.6 is 11.6 Å². The maximum absolute atomic E-state index is 13.7. The summed E-state index contributed by atoms with van der Waals surface area (Å²) < 4.78 is 42.6. The summed E-state index contributed by atoms with van der Waals surface area (Å²) in [4.78, 5) is 23.2. The molecule has 0 saturated carbocycles. The first-order chi connectivity index (χ1) is 19.0. The first-order valence-electron chi connectivity index (χ1n) is 12.9. The van der Waals surface area contributed by atoms with E-state index in [0.29, 0.717) is 33.6 Å². The number of nitrogens with one attached hydrogen (secondary N) is 1. The zero-order chi connectivity index (χ0) is 29.0. The molecule has 0 spiro atoms. The van der Waals surface area contributed by atoms with E-state index in [1.54, 1.807) is 36.0 Å². The Labute approximate surface area is 234 Å². The Kier molecular flexibility index (Phi) is 8.83. The third-order valence-electron chi connectivity index (χ3n) is 6.96. The molecule has 1 heterocycles. The number of rotatable bonds is 10. The van der Waals surface area contributed by atoms with Gasteiger partial charge in [-0.05, 0) is 65.9 Å². The zero-order valence-electron chi connectivity index (χ0n) is 22.0. The van der Waals surface area contributed by atoms with Crippen molar-refractivity contribution < 1.29 is 27.9 Å². The number of fused-ring (bicyclic) bond motifs is 1. The van der Waals surface area contributed by atoms with E-state index in [1.165, 1.54) is 6.07 Å². The molecule has 1 amide bonds. The molecular weight excluding hydrogens is 543 g/mol. The third kappa shape index (κ3) is 6.47. The Bertz CT molecular complexity index is 1500. The van der Waals surface area contributed by atoms with Gasteiger partial charge in [0, 0.05) is 35.5 Å². The van der Waals surface area contributed by atoms with Gasteiger partial charge >= 0.3 is 12.1 Å². The van der Waals surface area contributed by atoms with Crippen LogP contribution < -0.4 is 5.32 Å². The standard InChI is InChI=1S/C30H29ClF3N3O3/c1-3-4-23(18-5-7-20(8-6-18)29(40)35-16-15-26(38)39)27(19-9-12-22(31)13-10-19)28-24-17-21(30(32,33)34)11-14-25(24)37(2)36-28/h5-14,17,23,27H,3-4,15-16H2,1-2H3,(H,35,40)(H,38,39). The maximum Gasteiger partial charge on any atom is 0.416 e. The number of carbonyl (C=O) groups is 2. The monoisotopic (exact) mass is 571 g/mol. The van der Waals surface area contributed by atoms with Crippen LogP contribution in [0.4, 0.5) is 13.2 Å². The van der Waals surface area contributed by atoms with Crippen LogP contribution in [0.1, 0.15) is 70.8 Å². The van der Waals surface area contributed by atoms with Crippen molar-refractivity contribution in [3.8, 4) is 0 Å². The summed E-state index contributed by atoms with van der Waals surface area (Å²) in [5, 5.41) is 17.1. The molecule has 4 aromatic rings. The summed E-state index contributed by atoms with van der Waals surface area (Å²) in [6.07, 6.45) is -3.18. The van der Waals surface area contributed by atoms with E-state index in [1.807, 2.05) is 31.2 Å². The molecule has 6 nitrogen and oxygen atoms in total. The summed E-state index contributed by atoms with van der Waals surface area (Å²) in [6.45, 7) is 2.05. The zero-order valence-corrected chi connectivity index (χ0v) is 22.8. The second kappa shape index (κ2) is 12.1. The van der Waals surface area contributed by atoms with Crippen molar-refractivity contribution >= 4 is 34.4 Å². The second-order valence-electron chi connectivity index (χ2n) is 9.68. The molecule has 10 heteroatoms. The molecule has 2 unspecified atom stereocenters. The van der Waals surface area contributed by atoms with Gasteiger partial charge in [0.15, 0.2) is 0 Å². The fourth-order valence-corrected chi connectivity index (χ4v) is 5.18. The Balaban J connectivity index is 1.81. The lowest BCUT2D eigenvalue weighted by Crippen LogP contribution is -2.26. The normalized spacial score (nSPS) is 13.2. The number of carbonyl (C=O) groups excluding carboxylic acids is 1. The summed E-state index contributed by atoms with van der Waals surface area (Å²) in [5.74, 6) is -1.97. The molecule has 2 N–H and O–H groups in total. The van der Waals surface area contributed by atoms with Crippen molar-refractivity contribution in [2.24, 2.45) is 7.05 Å². The number of amides is 1. The molecular formula is C30H29ClF3N3O3. The van der Waals surface area contributed by atoms with Gasteiger partial charge in [0.05, 0.1) is 23.2 Å². The number of carboxylic acids is 1. The van der Waals surface area contributed by atoms with Crippen molar-refractivity contribution in [2.45, 2.75) is 44.2 Å². The van der Waals surface area contributed by atoms with Crippen LogP contribution in [0.3, 0.4) is 0 Å². The van der Waals surface area contributed by atoms with E-state index >= 15 is 0 Å². The van der Waals surface area contributed by atoms with Crippen LogP contribution in [0.5, 0.6) is 0 Å². The van der Waals surface area contributed by atoms with E-state index in [4.69, 9.17) is 21.8 Å². The molecule has 0 fully saturated rings.